The number of aromatic nitrogens is 3. The molecule has 12 nitrogen and oxygen atoms in total. The van der Waals surface area contributed by atoms with Crippen molar-refractivity contribution in [2.24, 2.45) is 11.7 Å². The Labute approximate surface area is 256 Å². The third kappa shape index (κ3) is 5.57. The molecule has 6 rings (SSSR count). The lowest BCUT2D eigenvalue weighted by Gasteiger charge is -2.34. The summed E-state index contributed by atoms with van der Waals surface area (Å²) in [5.41, 5.74) is 7.44. The fraction of sp³-hybridized carbons (Fsp3) is 0.258. The maximum absolute atomic E-state index is 13.7. The molecule has 0 spiro atoms. The van der Waals surface area contributed by atoms with Gasteiger partial charge in [0.2, 0.25) is 17.7 Å². The van der Waals surface area contributed by atoms with Gasteiger partial charge < -0.3 is 21.3 Å². The van der Waals surface area contributed by atoms with E-state index in [0.29, 0.717) is 33.5 Å². The Kier molecular flexibility index (Phi) is 7.71. The predicted molar refractivity (Wildman–Crippen MR) is 161 cm³/mol. The fourth-order valence-corrected chi connectivity index (χ4v) is 6.46. The van der Waals surface area contributed by atoms with Crippen LogP contribution in [0.5, 0.6) is 0 Å². The summed E-state index contributed by atoms with van der Waals surface area (Å²) in [6.07, 6.45) is 2.34. The third-order valence-corrected chi connectivity index (χ3v) is 8.36. The highest BCUT2D eigenvalue weighted by Gasteiger charge is 2.51. The van der Waals surface area contributed by atoms with Gasteiger partial charge >= 0.3 is 0 Å². The average Bonchev–Trinajstić information content (AvgIpc) is 3.71. The highest BCUT2D eigenvalue weighted by molar-refractivity contribution is 6.29. The number of anilines is 2. The number of carbonyl (C=O) groups is 4. The van der Waals surface area contributed by atoms with Gasteiger partial charge in [-0.05, 0) is 67.1 Å². The highest BCUT2D eigenvalue weighted by Crippen LogP contribution is 2.43. The molecule has 1 aliphatic heterocycles. The minimum Gasteiger partial charge on any atom is -0.364 e. The summed E-state index contributed by atoms with van der Waals surface area (Å²) in [6.45, 7) is -0.219. The van der Waals surface area contributed by atoms with Gasteiger partial charge in [-0.3, -0.25) is 23.9 Å². The summed E-state index contributed by atoms with van der Waals surface area (Å²) >= 11 is 5.97. The van der Waals surface area contributed by atoms with Gasteiger partial charge in [0.15, 0.2) is 5.69 Å². The average molecular weight is 611 g/mol. The van der Waals surface area contributed by atoms with Crippen LogP contribution in [0.2, 0.25) is 5.15 Å². The molecule has 222 valence electrons. The number of carbonyl (C=O) groups excluding carboxylic acids is 4. The number of fused-ring (bicyclic) bond motifs is 3. The second kappa shape index (κ2) is 11.8. The molecule has 4 N–H and O–H groups in total. The van der Waals surface area contributed by atoms with E-state index in [-0.39, 0.29) is 53.5 Å². The first-order valence-corrected chi connectivity index (χ1v) is 14.4. The molecule has 1 saturated carbocycles. The number of amides is 4. The van der Waals surface area contributed by atoms with E-state index in [1.165, 1.54) is 4.68 Å². The maximum Gasteiger partial charge on any atom is 0.269 e. The van der Waals surface area contributed by atoms with Crippen molar-refractivity contribution >= 4 is 57.6 Å². The molecule has 2 aliphatic rings. The SMILES string of the molecule is N#Cc1ccccc1CC(=O)Nc1ccc2c(c1)c(C(N)=O)nn2CC(=O)N1[C@@H]2CC[C@@H](C2)[C@H]1C(=O)Nc1cccc(Cl)n1. The van der Waals surface area contributed by atoms with Crippen molar-refractivity contribution in [3.63, 3.8) is 0 Å². The van der Waals surface area contributed by atoms with Crippen LogP contribution in [0.1, 0.15) is 40.9 Å². The lowest BCUT2D eigenvalue weighted by atomic mass is 9.97. The number of pyridine rings is 1. The van der Waals surface area contributed by atoms with Crippen LogP contribution in [0.4, 0.5) is 11.5 Å². The molecule has 4 aromatic rings. The molecule has 3 heterocycles. The summed E-state index contributed by atoms with van der Waals surface area (Å²) in [5.74, 6) is -1.47. The first-order valence-electron chi connectivity index (χ1n) is 14.0. The minimum atomic E-state index is -0.792. The monoisotopic (exact) mass is 610 g/mol. The van der Waals surface area contributed by atoms with Gasteiger partial charge in [-0.1, -0.05) is 35.9 Å². The van der Waals surface area contributed by atoms with E-state index >= 15 is 0 Å². The molecule has 2 aromatic carbocycles. The number of nitrogens with zero attached hydrogens (tertiary/aromatic N) is 5. The number of halogens is 1. The van der Waals surface area contributed by atoms with Crippen LogP contribution in [0.3, 0.4) is 0 Å². The van der Waals surface area contributed by atoms with Crippen LogP contribution in [-0.4, -0.2) is 55.4 Å². The Balaban J connectivity index is 1.22. The van der Waals surface area contributed by atoms with Crippen molar-refractivity contribution in [1.82, 2.24) is 19.7 Å². The smallest absolute Gasteiger partial charge is 0.269 e. The number of primary amides is 1. The number of hydrogen-bond acceptors (Lipinski definition) is 7. The van der Waals surface area contributed by atoms with Crippen LogP contribution in [-0.2, 0) is 27.3 Å². The third-order valence-electron chi connectivity index (χ3n) is 8.15. The standard InChI is InChI=1S/C31H27ClN8O4/c32-24-6-3-7-25(36-24)37-31(44)29-18-8-10-21(12-18)40(29)27(42)16-39-23-11-9-20(14-22(23)28(38-39)30(34)43)35-26(41)13-17-4-1-2-5-19(17)15-33/h1-7,9,11,14,18,21,29H,8,10,12-13,16H2,(H2,34,43)(H,35,41)(H,36,37,44)/t18-,21+,29-/m0/s1. The fourth-order valence-electron chi connectivity index (χ4n) is 6.29. The van der Waals surface area contributed by atoms with Gasteiger partial charge in [0.1, 0.15) is 23.6 Å². The van der Waals surface area contributed by atoms with Crippen molar-refractivity contribution < 1.29 is 19.2 Å². The first kappa shape index (κ1) is 28.8. The van der Waals surface area contributed by atoms with E-state index in [0.717, 1.165) is 19.3 Å². The highest BCUT2D eigenvalue weighted by atomic mass is 35.5. The molecule has 0 unspecified atom stereocenters. The van der Waals surface area contributed by atoms with Gasteiger partial charge in [-0.15, -0.1) is 0 Å². The summed E-state index contributed by atoms with van der Waals surface area (Å²) in [5, 5.41) is 19.8. The zero-order valence-corrected chi connectivity index (χ0v) is 24.1. The molecule has 2 aromatic heterocycles. The Bertz CT molecular complexity index is 1860. The van der Waals surface area contributed by atoms with Crippen LogP contribution in [0, 0.1) is 17.2 Å². The predicted octanol–water partition coefficient (Wildman–Crippen LogP) is 3.25. The van der Waals surface area contributed by atoms with Crippen molar-refractivity contribution in [1.29, 1.82) is 5.26 Å². The Hall–Kier alpha value is -5.28. The van der Waals surface area contributed by atoms with Gasteiger partial charge in [0.25, 0.3) is 5.91 Å². The van der Waals surface area contributed by atoms with E-state index < -0.39 is 11.9 Å². The summed E-state index contributed by atoms with van der Waals surface area (Å²) in [7, 11) is 0. The molecule has 3 atom stereocenters. The van der Waals surface area contributed by atoms with E-state index in [2.05, 4.69) is 26.8 Å². The van der Waals surface area contributed by atoms with E-state index in [1.54, 1.807) is 65.6 Å². The van der Waals surface area contributed by atoms with Gasteiger partial charge in [0, 0.05) is 17.1 Å². The Morgan fingerprint density at radius 2 is 1.86 bits per heavy atom. The summed E-state index contributed by atoms with van der Waals surface area (Å²) in [6, 6.07) is 17.9. The summed E-state index contributed by atoms with van der Waals surface area (Å²) in [4.78, 5) is 57.9. The number of benzene rings is 2. The number of nitrogens with two attached hydrogens (primary N) is 1. The van der Waals surface area contributed by atoms with Crippen molar-refractivity contribution in [2.45, 2.75) is 44.3 Å². The van der Waals surface area contributed by atoms with Gasteiger partial charge in [-0.25, -0.2) is 4.98 Å². The second-order valence-electron chi connectivity index (χ2n) is 10.9. The molecule has 1 saturated heterocycles. The molecule has 1 aliphatic carbocycles. The lowest BCUT2D eigenvalue weighted by molar-refractivity contribution is -0.141. The Morgan fingerprint density at radius 1 is 1.05 bits per heavy atom. The molecule has 4 amide bonds. The topological polar surface area (TPSA) is 176 Å². The number of rotatable bonds is 8. The molecule has 0 radical (unpaired) electrons. The van der Waals surface area contributed by atoms with Crippen LogP contribution >= 0.6 is 11.6 Å². The minimum absolute atomic E-state index is 0.0156. The maximum atomic E-state index is 13.7. The van der Waals surface area contributed by atoms with E-state index in [1.807, 2.05) is 0 Å². The number of piperidine rings is 1. The summed E-state index contributed by atoms with van der Waals surface area (Å²) < 4.78 is 1.39. The van der Waals surface area contributed by atoms with Crippen LogP contribution in [0.25, 0.3) is 10.9 Å². The largest absolute Gasteiger partial charge is 0.364 e. The molecular weight excluding hydrogens is 584 g/mol. The quantitative estimate of drug-likeness (QED) is 0.256. The molecule has 44 heavy (non-hydrogen) atoms. The second-order valence-corrected chi connectivity index (χ2v) is 11.3. The number of nitriles is 1. The van der Waals surface area contributed by atoms with Crippen LogP contribution < -0.4 is 16.4 Å². The molecular formula is C31H27ClN8O4. The number of hydrogen-bond donors (Lipinski definition) is 3. The van der Waals surface area contributed by atoms with Crippen molar-refractivity contribution in [3.05, 3.63) is 82.6 Å². The molecule has 2 bridgehead atoms. The molecule has 2 fully saturated rings. The Morgan fingerprint density at radius 3 is 2.64 bits per heavy atom. The molecule has 13 heteroatoms. The normalized spacial score (nSPS) is 18.6. The number of nitrogens with one attached hydrogen (secondary N) is 2. The van der Waals surface area contributed by atoms with Crippen molar-refractivity contribution in [2.75, 3.05) is 10.6 Å². The van der Waals surface area contributed by atoms with E-state index in [9.17, 15) is 24.4 Å². The first-order chi connectivity index (χ1) is 21.2. The zero-order valence-electron chi connectivity index (χ0n) is 23.4. The van der Waals surface area contributed by atoms with Gasteiger partial charge in [0.05, 0.1) is 23.6 Å². The zero-order chi connectivity index (χ0) is 31.0. The van der Waals surface area contributed by atoms with Gasteiger partial charge in [-0.2, -0.15) is 10.4 Å². The van der Waals surface area contributed by atoms with E-state index in [4.69, 9.17) is 17.3 Å². The number of likely N-dealkylation sites (tertiary alicyclic amines) is 1. The van der Waals surface area contributed by atoms with Crippen LogP contribution in [0.15, 0.2) is 60.7 Å². The van der Waals surface area contributed by atoms with Crippen molar-refractivity contribution in [3.8, 4) is 6.07 Å². The lowest BCUT2D eigenvalue weighted by Crippen LogP contribution is -2.52.